The summed E-state index contributed by atoms with van der Waals surface area (Å²) in [5.74, 6) is 0. The molecule has 0 radical (unpaired) electrons. The lowest BCUT2D eigenvalue weighted by Gasteiger charge is -2.28. The number of hydrogen-bond acceptors (Lipinski definition) is 3. The molecule has 0 bridgehead atoms. The first-order valence-electron chi connectivity index (χ1n) is 4.62. The van der Waals surface area contributed by atoms with Crippen molar-refractivity contribution in [2.24, 2.45) is 0 Å². The number of rotatable bonds is 5. The Hall–Kier alpha value is -0.640. The van der Waals surface area contributed by atoms with Gasteiger partial charge in [-0.2, -0.15) is 0 Å². The minimum atomic E-state index is 0.00106. The zero-order valence-electron chi connectivity index (χ0n) is 8.94. The first kappa shape index (κ1) is 12.4. The van der Waals surface area contributed by atoms with E-state index in [1.54, 1.807) is 5.01 Å². The van der Waals surface area contributed by atoms with Crippen molar-refractivity contribution in [1.29, 1.82) is 0 Å². The fraction of sp³-hybridized carbons (Fsp3) is 0.600. The summed E-state index contributed by atoms with van der Waals surface area (Å²) in [6.45, 7) is 6.68. The maximum atomic E-state index is 9.57. The Morgan fingerprint density at radius 2 is 2.00 bits per heavy atom. The van der Waals surface area contributed by atoms with Crippen LogP contribution in [0.15, 0.2) is 24.3 Å². The zero-order valence-corrected chi connectivity index (χ0v) is 8.94. The topological polar surface area (TPSA) is 26.7 Å². The lowest BCUT2D eigenvalue weighted by atomic mass is 10.3. The van der Waals surface area contributed by atoms with Crippen LogP contribution in [-0.2, 0) is 0 Å². The molecule has 76 valence electrons. The van der Waals surface area contributed by atoms with Crippen molar-refractivity contribution in [2.75, 3.05) is 13.6 Å². The van der Waals surface area contributed by atoms with Crippen molar-refractivity contribution in [3.8, 4) is 0 Å². The number of nitrogens with zero attached hydrogens (tertiary/aromatic N) is 2. The third-order valence-corrected chi connectivity index (χ3v) is 1.86. The van der Waals surface area contributed by atoms with Crippen molar-refractivity contribution >= 4 is 0 Å². The van der Waals surface area contributed by atoms with Crippen LogP contribution in [0.3, 0.4) is 0 Å². The van der Waals surface area contributed by atoms with Gasteiger partial charge in [-0.05, 0) is 13.8 Å². The van der Waals surface area contributed by atoms with Gasteiger partial charge in [-0.15, -0.1) is 5.17 Å². The van der Waals surface area contributed by atoms with Crippen LogP contribution in [0.25, 0.3) is 0 Å². The molecule has 0 fully saturated rings. The maximum Gasteiger partial charge on any atom is 0.0667 e. The summed E-state index contributed by atoms with van der Waals surface area (Å²) in [5, 5.41) is 12.5. The standard InChI is InChI=1S/C10H20N2O/c1-5-7-8-9-10(3)12(13)11(4)6-2/h5,7-10,13H,6H2,1-4H3/b7-5-,9-8?. The number of allylic oxidation sites excluding steroid dienone is 3. The summed E-state index contributed by atoms with van der Waals surface area (Å²) in [6, 6.07) is 0.00106. The van der Waals surface area contributed by atoms with Crippen LogP contribution >= 0.6 is 0 Å². The number of hydrazine groups is 1. The second kappa shape index (κ2) is 6.83. The molecule has 0 aliphatic rings. The van der Waals surface area contributed by atoms with Gasteiger partial charge in [-0.1, -0.05) is 31.2 Å². The van der Waals surface area contributed by atoms with Gasteiger partial charge >= 0.3 is 0 Å². The molecule has 0 aromatic rings. The van der Waals surface area contributed by atoms with Crippen molar-refractivity contribution < 1.29 is 5.21 Å². The first-order chi connectivity index (χ1) is 6.13. The monoisotopic (exact) mass is 184 g/mol. The van der Waals surface area contributed by atoms with Gasteiger partial charge in [0.15, 0.2) is 0 Å². The van der Waals surface area contributed by atoms with E-state index in [-0.39, 0.29) is 6.04 Å². The van der Waals surface area contributed by atoms with Gasteiger partial charge in [0.25, 0.3) is 0 Å². The molecule has 13 heavy (non-hydrogen) atoms. The van der Waals surface area contributed by atoms with Crippen molar-refractivity contribution in [3.05, 3.63) is 24.3 Å². The van der Waals surface area contributed by atoms with E-state index in [2.05, 4.69) is 0 Å². The Balaban J connectivity index is 4.01. The van der Waals surface area contributed by atoms with Gasteiger partial charge in [0, 0.05) is 13.6 Å². The molecule has 3 nitrogen and oxygen atoms in total. The van der Waals surface area contributed by atoms with Crippen LogP contribution in [0.1, 0.15) is 20.8 Å². The third-order valence-electron chi connectivity index (χ3n) is 1.86. The summed E-state index contributed by atoms with van der Waals surface area (Å²) < 4.78 is 0. The van der Waals surface area contributed by atoms with Crippen LogP contribution in [0.2, 0.25) is 0 Å². The maximum absolute atomic E-state index is 9.57. The summed E-state index contributed by atoms with van der Waals surface area (Å²) >= 11 is 0. The first-order valence-corrected chi connectivity index (χ1v) is 4.62. The van der Waals surface area contributed by atoms with E-state index in [0.717, 1.165) is 6.54 Å². The molecular weight excluding hydrogens is 164 g/mol. The summed E-state index contributed by atoms with van der Waals surface area (Å²) in [5.41, 5.74) is 0. The molecule has 0 heterocycles. The van der Waals surface area contributed by atoms with Gasteiger partial charge in [-0.25, -0.2) is 5.01 Å². The van der Waals surface area contributed by atoms with E-state index < -0.39 is 0 Å². The van der Waals surface area contributed by atoms with E-state index in [4.69, 9.17) is 0 Å². The molecule has 0 saturated carbocycles. The molecule has 1 atom stereocenters. The average molecular weight is 184 g/mol. The molecule has 0 aliphatic heterocycles. The van der Waals surface area contributed by atoms with Gasteiger partial charge in [0.2, 0.25) is 0 Å². The van der Waals surface area contributed by atoms with E-state index in [1.807, 2.05) is 52.1 Å². The highest BCUT2D eigenvalue weighted by Gasteiger charge is 2.10. The molecule has 0 aromatic heterocycles. The largest absolute Gasteiger partial charge is 0.298 e. The van der Waals surface area contributed by atoms with E-state index in [9.17, 15) is 5.21 Å². The highest BCUT2D eigenvalue weighted by atomic mass is 16.5. The SMILES string of the molecule is C/C=C\C=CC(C)N(O)N(C)CC. The smallest absolute Gasteiger partial charge is 0.0667 e. The molecular formula is C10H20N2O. The Morgan fingerprint density at radius 3 is 2.46 bits per heavy atom. The lowest BCUT2D eigenvalue weighted by molar-refractivity contribution is -0.247. The average Bonchev–Trinajstić information content (AvgIpc) is 2.15. The van der Waals surface area contributed by atoms with Crippen molar-refractivity contribution in [1.82, 2.24) is 10.2 Å². The molecule has 0 rings (SSSR count). The minimum Gasteiger partial charge on any atom is -0.298 e. The Morgan fingerprint density at radius 1 is 1.38 bits per heavy atom. The highest BCUT2D eigenvalue weighted by Crippen LogP contribution is 2.00. The molecule has 1 N–H and O–H groups in total. The summed E-state index contributed by atoms with van der Waals surface area (Å²) in [7, 11) is 1.85. The van der Waals surface area contributed by atoms with Crippen LogP contribution in [-0.4, -0.2) is 35.0 Å². The quantitative estimate of drug-likeness (QED) is 0.523. The third kappa shape index (κ3) is 4.83. The van der Waals surface area contributed by atoms with Gasteiger partial charge in [0.1, 0.15) is 0 Å². The minimum absolute atomic E-state index is 0.00106. The predicted molar refractivity (Wildman–Crippen MR) is 55.3 cm³/mol. The second-order valence-corrected chi connectivity index (χ2v) is 2.95. The highest BCUT2D eigenvalue weighted by molar-refractivity contribution is 5.04. The van der Waals surface area contributed by atoms with Gasteiger partial charge < -0.3 is 0 Å². The van der Waals surface area contributed by atoms with Gasteiger partial charge in [0.05, 0.1) is 6.04 Å². The van der Waals surface area contributed by atoms with Crippen LogP contribution < -0.4 is 0 Å². The summed E-state index contributed by atoms with van der Waals surface area (Å²) in [4.78, 5) is 0. The van der Waals surface area contributed by atoms with Crippen LogP contribution in [0.5, 0.6) is 0 Å². The molecule has 3 heteroatoms. The Kier molecular flexibility index (Phi) is 6.49. The Bertz CT molecular complexity index is 178. The molecule has 0 aromatic carbocycles. The molecule has 0 spiro atoms. The summed E-state index contributed by atoms with van der Waals surface area (Å²) in [6.07, 6.45) is 7.76. The molecule has 0 amide bonds. The van der Waals surface area contributed by atoms with Crippen molar-refractivity contribution in [3.63, 3.8) is 0 Å². The van der Waals surface area contributed by atoms with Gasteiger partial charge in [-0.3, -0.25) is 5.21 Å². The predicted octanol–water partition coefficient (Wildman–Crippen LogP) is 2.07. The molecule has 0 aliphatic carbocycles. The van der Waals surface area contributed by atoms with Crippen LogP contribution in [0.4, 0.5) is 0 Å². The lowest BCUT2D eigenvalue weighted by Crippen LogP contribution is -2.42. The van der Waals surface area contributed by atoms with E-state index in [0.29, 0.717) is 0 Å². The van der Waals surface area contributed by atoms with Crippen LogP contribution in [0, 0.1) is 0 Å². The molecule has 1 unspecified atom stereocenters. The molecule has 0 saturated heterocycles. The fourth-order valence-electron chi connectivity index (χ4n) is 0.869. The van der Waals surface area contributed by atoms with E-state index >= 15 is 0 Å². The number of hydrogen-bond donors (Lipinski definition) is 1. The van der Waals surface area contributed by atoms with Crippen molar-refractivity contribution in [2.45, 2.75) is 26.8 Å². The van der Waals surface area contributed by atoms with E-state index in [1.165, 1.54) is 5.17 Å². The zero-order chi connectivity index (χ0) is 10.3. The number of hydroxylamine groups is 1. The normalized spacial score (nSPS) is 15.3. The second-order valence-electron chi connectivity index (χ2n) is 2.95. The fourth-order valence-corrected chi connectivity index (χ4v) is 0.869. The Labute approximate surface area is 80.9 Å².